The van der Waals surface area contributed by atoms with Gasteiger partial charge in [0.1, 0.15) is 15.9 Å². The van der Waals surface area contributed by atoms with E-state index in [0.29, 0.717) is 0 Å². The SMILES string of the molecule is CC(=O)c1c(O)n(CC2CC2)c(=O)n(-c2cc(Cl)nc(Cl)c2)c1=O. The second-order valence-electron chi connectivity index (χ2n) is 5.70. The molecule has 1 N–H and O–H groups in total. The lowest BCUT2D eigenvalue weighted by Gasteiger charge is -2.14. The average Bonchev–Trinajstić information content (AvgIpc) is 3.26. The van der Waals surface area contributed by atoms with E-state index in [-0.39, 0.29) is 28.5 Å². The van der Waals surface area contributed by atoms with Gasteiger partial charge in [-0.3, -0.25) is 14.2 Å². The van der Waals surface area contributed by atoms with E-state index in [1.54, 1.807) is 0 Å². The van der Waals surface area contributed by atoms with Crippen LogP contribution in [0, 0.1) is 5.92 Å². The fourth-order valence-electron chi connectivity index (χ4n) is 2.48. The third-order valence-corrected chi connectivity index (χ3v) is 4.20. The van der Waals surface area contributed by atoms with Gasteiger partial charge in [0.2, 0.25) is 5.88 Å². The van der Waals surface area contributed by atoms with Crippen LogP contribution in [0.4, 0.5) is 0 Å². The van der Waals surface area contributed by atoms with Gasteiger partial charge >= 0.3 is 5.69 Å². The Morgan fingerprint density at radius 1 is 1.29 bits per heavy atom. The lowest BCUT2D eigenvalue weighted by atomic mass is 10.2. The average molecular weight is 370 g/mol. The van der Waals surface area contributed by atoms with Gasteiger partial charge in [0.25, 0.3) is 5.56 Å². The van der Waals surface area contributed by atoms with Gasteiger partial charge in [0, 0.05) is 6.54 Å². The van der Waals surface area contributed by atoms with Crippen LogP contribution < -0.4 is 11.2 Å². The van der Waals surface area contributed by atoms with Gasteiger partial charge < -0.3 is 5.11 Å². The second kappa shape index (κ2) is 6.07. The molecular formula is C15H13Cl2N3O4. The Hall–Kier alpha value is -2.12. The van der Waals surface area contributed by atoms with Gasteiger partial charge in [-0.25, -0.2) is 14.3 Å². The summed E-state index contributed by atoms with van der Waals surface area (Å²) in [4.78, 5) is 40.9. The van der Waals surface area contributed by atoms with Crippen LogP contribution in [0.2, 0.25) is 10.3 Å². The van der Waals surface area contributed by atoms with Crippen molar-refractivity contribution in [3.8, 4) is 11.6 Å². The Bertz CT molecular complexity index is 940. The molecule has 0 radical (unpaired) electrons. The molecule has 7 nitrogen and oxygen atoms in total. The third-order valence-electron chi connectivity index (χ3n) is 3.81. The zero-order valence-corrected chi connectivity index (χ0v) is 14.1. The Labute approximate surface area is 146 Å². The van der Waals surface area contributed by atoms with Crippen LogP contribution in [-0.4, -0.2) is 25.0 Å². The summed E-state index contributed by atoms with van der Waals surface area (Å²) in [5.41, 5.74) is -2.04. The molecule has 24 heavy (non-hydrogen) atoms. The van der Waals surface area contributed by atoms with Crippen molar-refractivity contribution in [3.63, 3.8) is 0 Å². The number of ketones is 1. The van der Waals surface area contributed by atoms with Crippen LogP contribution in [0.1, 0.15) is 30.1 Å². The summed E-state index contributed by atoms with van der Waals surface area (Å²) in [7, 11) is 0. The standard InChI is InChI=1S/C15H13Cl2N3O4/c1-7(21)12-13(22)19(6-8-2-3-8)15(24)20(14(12)23)9-4-10(16)18-11(17)5-9/h4-5,8,22H,2-3,6H2,1H3. The van der Waals surface area contributed by atoms with E-state index in [1.807, 2.05) is 0 Å². The van der Waals surface area contributed by atoms with E-state index in [9.17, 15) is 19.5 Å². The predicted molar refractivity (Wildman–Crippen MR) is 88.5 cm³/mol. The minimum atomic E-state index is -0.921. The van der Waals surface area contributed by atoms with E-state index >= 15 is 0 Å². The lowest BCUT2D eigenvalue weighted by molar-refractivity contribution is 0.101. The maximum Gasteiger partial charge on any atom is 0.338 e. The van der Waals surface area contributed by atoms with Crippen LogP contribution in [0.25, 0.3) is 5.69 Å². The lowest BCUT2D eigenvalue weighted by Crippen LogP contribution is -2.41. The summed E-state index contributed by atoms with van der Waals surface area (Å²) >= 11 is 11.7. The first-order valence-corrected chi connectivity index (χ1v) is 7.98. The highest BCUT2D eigenvalue weighted by Crippen LogP contribution is 2.31. The highest BCUT2D eigenvalue weighted by Gasteiger charge is 2.28. The van der Waals surface area contributed by atoms with Crippen molar-refractivity contribution >= 4 is 29.0 Å². The molecule has 0 aliphatic heterocycles. The molecule has 0 bridgehead atoms. The number of rotatable bonds is 4. The topological polar surface area (TPSA) is 94.2 Å². The molecule has 2 aromatic rings. The van der Waals surface area contributed by atoms with Gasteiger partial charge in [0.15, 0.2) is 5.78 Å². The normalized spacial score (nSPS) is 14.0. The molecule has 0 saturated heterocycles. The van der Waals surface area contributed by atoms with E-state index in [1.165, 1.54) is 12.1 Å². The van der Waals surface area contributed by atoms with Crippen molar-refractivity contribution in [1.29, 1.82) is 0 Å². The van der Waals surface area contributed by atoms with Crippen LogP contribution >= 0.6 is 23.2 Å². The Balaban J connectivity index is 2.35. The van der Waals surface area contributed by atoms with Gasteiger partial charge in [-0.2, -0.15) is 0 Å². The van der Waals surface area contributed by atoms with Crippen molar-refractivity contribution in [1.82, 2.24) is 14.1 Å². The number of hydrogen-bond acceptors (Lipinski definition) is 5. The van der Waals surface area contributed by atoms with Crippen LogP contribution in [0.5, 0.6) is 5.88 Å². The Kier molecular flexibility index (Phi) is 4.23. The van der Waals surface area contributed by atoms with Crippen molar-refractivity contribution in [2.45, 2.75) is 26.3 Å². The summed E-state index contributed by atoms with van der Waals surface area (Å²) in [6, 6.07) is 2.58. The second-order valence-corrected chi connectivity index (χ2v) is 6.48. The smallest absolute Gasteiger partial charge is 0.338 e. The number of aromatic nitrogens is 3. The van der Waals surface area contributed by atoms with Gasteiger partial charge in [-0.15, -0.1) is 0 Å². The number of carbonyl (C=O) groups excluding carboxylic acids is 1. The van der Waals surface area contributed by atoms with Crippen molar-refractivity contribution in [2.24, 2.45) is 5.92 Å². The monoisotopic (exact) mass is 369 g/mol. The summed E-state index contributed by atoms with van der Waals surface area (Å²) in [6.45, 7) is 1.39. The number of pyridine rings is 1. The molecule has 1 saturated carbocycles. The van der Waals surface area contributed by atoms with Crippen LogP contribution in [0.3, 0.4) is 0 Å². The summed E-state index contributed by atoms with van der Waals surface area (Å²) in [6.07, 6.45) is 1.85. The maximum atomic E-state index is 12.7. The van der Waals surface area contributed by atoms with E-state index in [4.69, 9.17) is 23.2 Å². The number of halogens is 2. The fourth-order valence-corrected chi connectivity index (χ4v) is 2.93. The van der Waals surface area contributed by atoms with Crippen LogP contribution in [-0.2, 0) is 6.54 Å². The quantitative estimate of drug-likeness (QED) is 0.657. The molecule has 0 spiro atoms. The molecule has 2 aromatic heterocycles. The molecule has 126 valence electrons. The molecule has 0 amide bonds. The number of nitrogens with zero attached hydrogens (tertiary/aromatic N) is 3. The van der Waals surface area contributed by atoms with E-state index in [0.717, 1.165) is 28.9 Å². The van der Waals surface area contributed by atoms with Crippen molar-refractivity contribution in [2.75, 3.05) is 0 Å². The molecule has 1 fully saturated rings. The van der Waals surface area contributed by atoms with E-state index in [2.05, 4.69) is 4.98 Å². The van der Waals surface area contributed by atoms with Crippen molar-refractivity contribution in [3.05, 3.63) is 48.8 Å². The fraction of sp³-hybridized carbons (Fsp3) is 0.333. The Morgan fingerprint density at radius 3 is 2.38 bits per heavy atom. The number of carbonyl (C=O) groups is 1. The molecule has 0 atom stereocenters. The molecule has 1 aliphatic carbocycles. The highest BCUT2D eigenvalue weighted by molar-refractivity contribution is 6.32. The van der Waals surface area contributed by atoms with Crippen LogP contribution in [0.15, 0.2) is 21.7 Å². The molecule has 3 rings (SSSR count). The minimum absolute atomic E-state index is 0.00464. The summed E-state index contributed by atoms with van der Waals surface area (Å²) in [5.74, 6) is -1.00. The Morgan fingerprint density at radius 2 is 1.88 bits per heavy atom. The van der Waals surface area contributed by atoms with Gasteiger partial charge in [-0.1, -0.05) is 23.2 Å². The van der Waals surface area contributed by atoms with Gasteiger partial charge in [-0.05, 0) is 37.8 Å². The molecule has 1 aliphatic rings. The first-order chi connectivity index (χ1) is 11.3. The molecule has 9 heteroatoms. The number of aromatic hydroxyl groups is 1. The van der Waals surface area contributed by atoms with E-state index < -0.39 is 28.5 Å². The number of hydrogen-bond donors (Lipinski definition) is 1. The molecule has 0 aromatic carbocycles. The highest BCUT2D eigenvalue weighted by atomic mass is 35.5. The first-order valence-electron chi connectivity index (χ1n) is 7.22. The predicted octanol–water partition coefficient (Wildman–Crippen LogP) is 2.02. The largest absolute Gasteiger partial charge is 0.494 e. The maximum absolute atomic E-state index is 12.7. The zero-order chi connectivity index (χ0) is 17.6. The van der Waals surface area contributed by atoms with Gasteiger partial charge in [0.05, 0.1) is 5.69 Å². The zero-order valence-electron chi connectivity index (χ0n) is 12.6. The molecular weight excluding hydrogens is 357 g/mol. The third kappa shape index (κ3) is 2.97. The summed E-state index contributed by atoms with van der Waals surface area (Å²) in [5, 5.41) is 10.2. The number of Topliss-reactive ketones (excluding diaryl/α,β-unsaturated/α-hetero) is 1. The minimum Gasteiger partial charge on any atom is -0.494 e. The van der Waals surface area contributed by atoms with Crippen molar-refractivity contribution < 1.29 is 9.90 Å². The first kappa shape index (κ1) is 16.7. The molecule has 0 unspecified atom stereocenters. The summed E-state index contributed by atoms with van der Waals surface area (Å²) < 4.78 is 1.82. The molecule has 2 heterocycles.